The molecule has 0 unspecified atom stereocenters. The van der Waals surface area contributed by atoms with Crippen LogP contribution in [0.5, 0.6) is 0 Å². The molecule has 0 saturated carbocycles. The molecule has 0 fully saturated rings. The minimum Gasteiger partial charge on any atom is -0.392 e. The second-order valence-corrected chi connectivity index (χ2v) is 3.57. The summed E-state index contributed by atoms with van der Waals surface area (Å²) in [6.45, 7) is 1.97. The van der Waals surface area contributed by atoms with Crippen LogP contribution in [0.4, 0.5) is 10.1 Å². The first-order valence-corrected chi connectivity index (χ1v) is 4.98. The molecule has 0 aliphatic rings. The Morgan fingerprint density at radius 2 is 2.20 bits per heavy atom. The summed E-state index contributed by atoms with van der Waals surface area (Å²) in [5.74, 6) is -0.362. The molecule has 0 aliphatic heterocycles. The number of hydrogen-bond acceptors (Lipinski definition) is 2. The summed E-state index contributed by atoms with van der Waals surface area (Å²) in [7, 11) is 0. The van der Waals surface area contributed by atoms with Gasteiger partial charge in [-0.2, -0.15) is 0 Å². The summed E-state index contributed by atoms with van der Waals surface area (Å²) in [5, 5.41) is 14.8. The van der Waals surface area contributed by atoms with Gasteiger partial charge in [0.25, 0.3) is 0 Å². The number of aliphatic hydroxyl groups excluding tert-OH is 1. The Morgan fingerprint density at radius 3 is 2.80 bits per heavy atom. The van der Waals surface area contributed by atoms with Crippen molar-refractivity contribution in [3.05, 3.63) is 30.1 Å². The minimum atomic E-state index is -0.495. The van der Waals surface area contributed by atoms with Gasteiger partial charge in [-0.15, -0.1) is 0 Å². The first-order valence-electron chi connectivity index (χ1n) is 4.57. The molecular formula is C10H13FN2OS. The highest BCUT2D eigenvalue weighted by molar-refractivity contribution is 7.80. The van der Waals surface area contributed by atoms with Crippen molar-refractivity contribution >= 4 is 23.0 Å². The number of nitrogens with one attached hydrogen (secondary N) is 2. The summed E-state index contributed by atoms with van der Waals surface area (Å²) in [5.41, 5.74) is 0.320. The Balaban J connectivity index is 2.48. The van der Waals surface area contributed by atoms with Gasteiger partial charge in [0.2, 0.25) is 0 Å². The van der Waals surface area contributed by atoms with Gasteiger partial charge >= 0.3 is 0 Å². The molecule has 1 aromatic carbocycles. The number of thiocarbonyl (C=S) groups is 1. The first-order chi connectivity index (χ1) is 7.09. The van der Waals surface area contributed by atoms with Gasteiger partial charge < -0.3 is 15.7 Å². The smallest absolute Gasteiger partial charge is 0.170 e. The second kappa shape index (κ2) is 5.63. The van der Waals surface area contributed by atoms with E-state index in [-0.39, 0.29) is 5.82 Å². The van der Waals surface area contributed by atoms with E-state index in [0.717, 1.165) is 0 Å². The lowest BCUT2D eigenvalue weighted by molar-refractivity contribution is 0.198. The molecule has 0 amide bonds. The largest absolute Gasteiger partial charge is 0.392 e. The molecular weight excluding hydrogens is 215 g/mol. The molecule has 0 heterocycles. The molecule has 1 rings (SSSR count). The standard InChI is InChI=1S/C10H13FN2OS/c1-7(14)6-12-10(15)13-9-5-3-2-4-8(9)11/h2-5,7,14H,6H2,1H3,(H2,12,13,15)/t7-/m1/s1. The van der Waals surface area contributed by atoms with E-state index in [1.807, 2.05) is 0 Å². The van der Waals surface area contributed by atoms with Gasteiger partial charge in [0.1, 0.15) is 5.82 Å². The Labute approximate surface area is 93.3 Å². The number of halogens is 1. The SMILES string of the molecule is C[C@@H](O)CNC(=S)Nc1ccccc1F. The zero-order valence-corrected chi connectivity index (χ0v) is 9.14. The van der Waals surface area contributed by atoms with Crippen molar-refractivity contribution in [2.45, 2.75) is 13.0 Å². The van der Waals surface area contributed by atoms with Crippen molar-refractivity contribution in [1.29, 1.82) is 0 Å². The van der Waals surface area contributed by atoms with E-state index in [4.69, 9.17) is 17.3 Å². The highest BCUT2D eigenvalue weighted by Crippen LogP contribution is 2.11. The Hall–Kier alpha value is -1.20. The van der Waals surface area contributed by atoms with Crippen molar-refractivity contribution in [3.8, 4) is 0 Å². The molecule has 1 atom stereocenters. The lowest BCUT2D eigenvalue weighted by Gasteiger charge is -2.11. The summed E-state index contributed by atoms with van der Waals surface area (Å²) in [4.78, 5) is 0. The molecule has 15 heavy (non-hydrogen) atoms. The number of rotatable bonds is 3. The molecule has 1 aromatic rings. The van der Waals surface area contributed by atoms with Crippen LogP contribution < -0.4 is 10.6 Å². The fraction of sp³-hybridized carbons (Fsp3) is 0.300. The van der Waals surface area contributed by atoms with Crippen molar-refractivity contribution in [2.24, 2.45) is 0 Å². The zero-order chi connectivity index (χ0) is 11.3. The number of benzene rings is 1. The van der Waals surface area contributed by atoms with Gasteiger partial charge in [0, 0.05) is 6.54 Å². The van der Waals surface area contributed by atoms with Gasteiger partial charge in [0.15, 0.2) is 5.11 Å². The summed E-state index contributed by atoms with van der Waals surface area (Å²) < 4.78 is 13.1. The minimum absolute atomic E-state index is 0.293. The molecule has 5 heteroatoms. The van der Waals surface area contributed by atoms with E-state index >= 15 is 0 Å². The van der Waals surface area contributed by atoms with Gasteiger partial charge in [-0.1, -0.05) is 12.1 Å². The Kier molecular flexibility index (Phi) is 4.45. The normalized spacial score (nSPS) is 11.9. The molecule has 82 valence electrons. The van der Waals surface area contributed by atoms with E-state index in [2.05, 4.69) is 10.6 Å². The number of aliphatic hydroxyl groups is 1. The van der Waals surface area contributed by atoms with Crippen LogP contribution in [0, 0.1) is 5.82 Å². The Morgan fingerprint density at radius 1 is 1.53 bits per heavy atom. The maximum Gasteiger partial charge on any atom is 0.170 e. The average Bonchev–Trinajstić information content (AvgIpc) is 2.18. The van der Waals surface area contributed by atoms with Gasteiger partial charge in [0.05, 0.1) is 11.8 Å². The molecule has 0 bridgehead atoms. The fourth-order valence-electron chi connectivity index (χ4n) is 0.969. The first kappa shape index (κ1) is 11.9. The topological polar surface area (TPSA) is 44.3 Å². The molecule has 0 spiro atoms. The predicted octanol–water partition coefficient (Wildman–Crippen LogP) is 1.49. The number of anilines is 1. The van der Waals surface area contributed by atoms with Crippen LogP contribution in [0.1, 0.15) is 6.92 Å². The van der Waals surface area contributed by atoms with E-state index in [9.17, 15) is 4.39 Å². The average molecular weight is 228 g/mol. The monoisotopic (exact) mass is 228 g/mol. The van der Waals surface area contributed by atoms with E-state index in [1.54, 1.807) is 25.1 Å². The molecule has 0 aromatic heterocycles. The molecule has 3 N–H and O–H groups in total. The highest BCUT2D eigenvalue weighted by Gasteiger charge is 2.03. The van der Waals surface area contributed by atoms with Crippen LogP contribution >= 0.6 is 12.2 Å². The molecule has 0 saturated heterocycles. The van der Waals surface area contributed by atoms with Crippen LogP contribution in [-0.4, -0.2) is 22.9 Å². The lowest BCUT2D eigenvalue weighted by atomic mass is 10.3. The van der Waals surface area contributed by atoms with Crippen molar-refractivity contribution in [3.63, 3.8) is 0 Å². The summed E-state index contributed by atoms with van der Waals surface area (Å²) in [6.07, 6.45) is -0.495. The Bertz CT molecular complexity index is 344. The van der Waals surface area contributed by atoms with Crippen molar-refractivity contribution < 1.29 is 9.50 Å². The number of para-hydroxylation sites is 1. The molecule has 0 radical (unpaired) electrons. The molecule has 3 nitrogen and oxygen atoms in total. The van der Waals surface area contributed by atoms with Gasteiger partial charge in [-0.25, -0.2) is 4.39 Å². The van der Waals surface area contributed by atoms with Crippen molar-refractivity contribution in [1.82, 2.24) is 5.32 Å². The molecule has 0 aliphatic carbocycles. The zero-order valence-electron chi connectivity index (χ0n) is 8.33. The van der Waals surface area contributed by atoms with Crippen LogP contribution in [0.3, 0.4) is 0 Å². The van der Waals surface area contributed by atoms with Crippen LogP contribution in [0.2, 0.25) is 0 Å². The maximum atomic E-state index is 13.1. The van der Waals surface area contributed by atoms with Gasteiger partial charge in [-0.05, 0) is 31.3 Å². The van der Waals surface area contributed by atoms with Gasteiger partial charge in [-0.3, -0.25) is 0 Å². The number of hydrogen-bond donors (Lipinski definition) is 3. The van der Waals surface area contributed by atoms with E-state index < -0.39 is 6.10 Å². The van der Waals surface area contributed by atoms with Crippen LogP contribution in [-0.2, 0) is 0 Å². The van der Waals surface area contributed by atoms with Crippen molar-refractivity contribution in [2.75, 3.05) is 11.9 Å². The second-order valence-electron chi connectivity index (χ2n) is 3.16. The van der Waals surface area contributed by atoms with E-state index in [1.165, 1.54) is 6.07 Å². The van der Waals surface area contributed by atoms with E-state index in [0.29, 0.717) is 17.3 Å². The van der Waals surface area contributed by atoms with Crippen LogP contribution in [0.25, 0.3) is 0 Å². The third-order valence-corrected chi connectivity index (χ3v) is 1.93. The fourth-order valence-corrected chi connectivity index (χ4v) is 1.16. The lowest BCUT2D eigenvalue weighted by Crippen LogP contribution is -2.34. The summed E-state index contributed by atoms with van der Waals surface area (Å²) >= 11 is 4.91. The summed E-state index contributed by atoms with van der Waals surface area (Å²) in [6, 6.07) is 6.25. The maximum absolute atomic E-state index is 13.1. The third-order valence-electron chi connectivity index (χ3n) is 1.68. The predicted molar refractivity (Wildman–Crippen MR) is 62.3 cm³/mol. The third kappa shape index (κ3) is 4.22. The quantitative estimate of drug-likeness (QED) is 0.686. The van der Waals surface area contributed by atoms with Crippen LogP contribution in [0.15, 0.2) is 24.3 Å². The highest BCUT2D eigenvalue weighted by atomic mass is 32.1.